The van der Waals surface area contributed by atoms with E-state index < -0.39 is 0 Å². The van der Waals surface area contributed by atoms with Crippen LogP contribution in [-0.4, -0.2) is 22.3 Å². The van der Waals surface area contributed by atoms with Gasteiger partial charge >= 0.3 is 0 Å². The molecule has 20 heavy (non-hydrogen) atoms. The Morgan fingerprint density at radius 1 is 1.35 bits per heavy atom. The van der Waals surface area contributed by atoms with E-state index in [9.17, 15) is 4.79 Å². The Balaban J connectivity index is 2.16. The fourth-order valence-corrected chi connectivity index (χ4v) is 2.43. The fourth-order valence-electron chi connectivity index (χ4n) is 1.85. The number of terminal acetylenes is 1. The second-order valence-corrected chi connectivity index (χ2v) is 5.66. The molecule has 0 aliphatic heterocycles. The number of nitrogens with zero attached hydrogens (tertiary/aromatic N) is 2. The molecule has 2 rings (SSSR count). The topological polar surface area (TPSA) is 33.2 Å². The lowest BCUT2D eigenvalue weighted by Crippen LogP contribution is -2.31. The van der Waals surface area contributed by atoms with Gasteiger partial charge in [-0.3, -0.25) is 4.79 Å². The molecule has 1 amide bonds. The molecule has 0 aliphatic carbocycles. The number of rotatable bonds is 4. The summed E-state index contributed by atoms with van der Waals surface area (Å²) in [4.78, 5) is 18.3. The molecule has 0 bridgehead atoms. The Bertz CT molecular complexity index is 637. The standard InChI is InChI=1S/C16H16N2OS/c1-4-9-18(10-14-7-5-12(2)6-8-14)16(19)15-11-20-13(3)17-15/h1,5-8,11H,9-10H2,2-3H3. The van der Waals surface area contributed by atoms with Crippen molar-refractivity contribution in [2.45, 2.75) is 20.4 Å². The molecule has 0 saturated heterocycles. The number of aromatic nitrogens is 1. The van der Waals surface area contributed by atoms with Gasteiger partial charge < -0.3 is 4.90 Å². The lowest BCUT2D eigenvalue weighted by atomic mass is 10.1. The van der Waals surface area contributed by atoms with E-state index >= 15 is 0 Å². The molecule has 0 radical (unpaired) electrons. The van der Waals surface area contributed by atoms with Crippen molar-refractivity contribution >= 4 is 17.2 Å². The fraction of sp³-hybridized carbons (Fsp3) is 0.250. The summed E-state index contributed by atoms with van der Waals surface area (Å²) in [7, 11) is 0. The van der Waals surface area contributed by atoms with E-state index in [1.54, 1.807) is 10.3 Å². The number of benzene rings is 1. The molecule has 1 aromatic heterocycles. The van der Waals surface area contributed by atoms with Gasteiger partial charge in [-0.2, -0.15) is 0 Å². The summed E-state index contributed by atoms with van der Waals surface area (Å²) in [5, 5.41) is 2.65. The van der Waals surface area contributed by atoms with Crippen LogP contribution in [0.25, 0.3) is 0 Å². The van der Waals surface area contributed by atoms with E-state index in [4.69, 9.17) is 6.42 Å². The Morgan fingerprint density at radius 3 is 2.60 bits per heavy atom. The van der Waals surface area contributed by atoms with Crippen LogP contribution in [0.1, 0.15) is 26.6 Å². The Kier molecular flexibility index (Phi) is 4.54. The number of thiazole rings is 1. The van der Waals surface area contributed by atoms with Crippen LogP contribution in [0.3, 0.4) is 0 Å². The Morgan fingerprint density at radius 2 is 2.05 bits per heavy atom. The Labute approximate surface area is 123 Å². The minimum atomic E-state index is -0.118. The summed E-state index contributed by atoms with van der Waals surface area (Å²) in [6.07, 6.45) is 5.37. The molecule has 3 nitrogen and oxygen atoms in total. The lowest BCUT2D eigenvalue weighted by molar-refractivity contribution is 0.0760. The third-order valence-electron chi connectivity index (χ3n) is 2.90. The monoisotopic (exact) mass is 284 g/mol. The maximum atomic E-state index is 12.4. The smallest absolute Gasteiger partial charge is 0.274 e. The van der Waals surface area contributed by atoms with E-state index in [1.165, 1.54) is 16.9 Å². The Hall–Kier alpha value is -2.12. The highest BCUT2D eigenvalue weighted by atomic mass is 32.1. The third kappa shape index (κ3) is 3.46. The molecule has 1 aromatic carbocycles. The van der Waals surface area contributed by atoms with Crippen molar-refractivity contribution in [2.75, 3.05) is 6.54 Å². The zero-order valence-corrected chi connectivity index (χ0v) is 12.4. The molecule has 0 aliphatic rings. The first-order chi connectivity index (χ1) is 9.60. The highest BCUT2D eigenvalue weighted by Gasteiger charge is 2.17. The van der Waals surface area contributed by atoms with Crippen molar-refractivity contribution in [3.63, 3.8) is 0 Å². The number of hydrogen-bond donors (Lipinski definition) is 0. The van der Waals surface area contributed by atoms with Crippen molar-refractivity contribution in [1.29, 1.82) is 0 Å². The van der Waals surface area contributed by atoms with Crippen LogP contribution in [0.4, 0.5) is 0 Å². The van der Waals surface area contributed by atoms with E-state index in [-0.39, 0.29) is 12.5 Å². The molecular weight excluding hydrogens is 268 g/mol. The van der Waals surface area contributed by atoms with Crippen LogP contribution in [0.15, 0.2) is 29.6 Å². The van der Waals surface area contributed by atoms with Gasteiger partial charge in [-0.15, -0.1) is 17.8 Å². The van der Waals surface area contributed by atoms with Crippen molar-refractivity contribution in [1.82, 2.24) is 9.88 Å². The first kappa shape index (κ1) is 14.3. The van der Waals surface area contributed by atoms with Crippen molar-refractivity contribution in [3.05, 3.63) is 51.5 Å². The van der Waals surface area contributed by atoms with Gasteiger partial charge in [0.05, 0.1) is 11.6 Å². The average molecular weight is 284 g/mol. The third-order valence-corrected chi connectivity index (χ3v) is 3.68. The molecule has 0 unspecified atom stereocenters. The molecule has 0 saturated carbocycles. The molecule has 4 heteroatoms. The van der Waals surface area contributed by atoms with Crippen LogP contribution in [0, 0.1) is 26.2 Å². The van der Waals surface area contributed by atoms with Gasteiger partial charge in [0.2, 0.25) is 0 Å². The van der Waals surface area contributed by atoms with E-state index in [2.05, 4.69) is 10.9 Å². The average Bonchev–Trinajstić information content (AvgIpc) is 2.86. The molecule has 1 heterocycles. The number of hydrogen-bond acceptors (Lipinski definition) is 3. The molecule has 2 aromatic rings. The van der Waals surface area contributed by atoms with Gasteiger partial charge in [0.25, 0.3) is 5.91 Å². The van der Waals surface area contributed by atoms with Gasteiger partial charge in [0.15, 0.2) is 0 Å². The molecule has 0 spiro atoms. The highest BCUT2D eigenvalue weighted by molar-refractivity contribution is 7.09. The van der Waals surface area contributed by atoms with Gasteiger partial charge in [0, 0.05) is 11.9 Å². The number of aryl methyl sites for hydroxylation is 2. The molecule has 0 fully saturated rings. The molecule has 102 valence electrons. The normalized spacial score (nSPS) is 10.1. The summed E-state index contributed by atoms with van der Waals surface area (Å²) in [5.74, 6) is 2.42. The predicted molar refractivity (Wildman–Crippen MR) is 81.6 cm³/mol. The second kappa shape index (κ2) is 6.36. The van der Waals surface area contributed by atoms with Crippen LogP contribution in [0.5, 0.6) is 0 Å². The highest BCUT2D eigenvalue weighted by Crippen LogP contribution is 2.13. The van der Waals surface area contributed by atoms with Crippen LogP contribution in [0.2, 0.25) is 0 Å². The van der Waals surface area contributed by atoms with E-state index in [1.807, 2.05) is 38.1 Å². The lowest BCUT2D eigenvalue weighted by Gasteiger charge is -2.19. The summed E-state index contributed by atoms with van der Waals surface area (Å²) in [5.41, 5.74) is 2.72. The quantitative estimate of drug-likeness (QED) is 0.809. The molecule has 0 atom stereocenters. The molecule has 0 N–H and O–H groups in total. The van der Waals surface area contributed by atoms with E-state index in [0.717, 1.165) is 10.6 Å². The van der Waals surface area contributed by atoms with Crippen molar-refractivity contribution in [3.8, 4) is 12.3 Å². The molecular formula is C16H16N2OS. The zero-order valence-electron chi connectivity index (χ0n) is 11.6. The first-order valence-electron chi connectivity index (χ1n) is 6.30. The summed E-state index contributed by atoms with van der Waals surface area (Å²) >= 11 is 1.47. The largest absolute Gasteiger partial charge is 0.322 e. The number of amides is 1. The maximum absolute atomic E-state index is 12.4. The number of carbonyl (C=O) groups is 1. The van der Waals surface area contributed by atoms with Gasteiger partial charge in [0.1, 0.15) is 5.69 Å². The minimum absolute atomic E-state index is 0.118. The summed E-state index contributed by atoms with van der Waals surface area (Å²) < 4.78 is 0. The van der Waals surface area contributed by atoms with Gasteiger partial charge in [-0.1, -0.05) is 35.7 Å². The van der Waals surface area contributed by atoms with Crippen molar-refractivity contribution < 1.29 is 4.79 Å². The van der Waals surface area contributed by atoms with Gasteiger partial charge in [-0.05, 0) is 19.4 Å². The SMILES string of the molecule is C#CCN(Cc1ccc(C)cc1)C(=O)c1csc(C)n1. The number of carbonyl (C=O) groups excluding carboxylic acids is 1. The van der Waals surface area contributed by atoms with E-state index in [0.29, 0.717) is 12.2 Å². The predicted octanol–water partition coefficient (Wildman–Crippen LogP) is 3.04. The van der Waals surface area contributed by atoms with Crippen LogP contribution in [-0.2, 0) is 6.54 Å². The second-order valence-electron chi connectivity index (χ2n) is 4.60. The van der Waals surface area contributed by atoms with Gasteiger partial charge in [-0.25, -0.2) is 4.98 Å². The van der Waals surface area contributed by atoms with Crippen LogP contribution >= 0.6 is 11.3 Å². The maximum Gasteiger partial charge on any atom is 0.274 e. The van der Waals surface area contributed by atoms with Crippen LogP contribution < -0.4 is 0 Å². The summed E-state index contributed by atoms with van der Waals surface area (Å²) in [6, 6.07) is 8.08. The zero-order chi connectivity index (χ0) is 14.5. The minimum Gasteiger partial charge on any atom is -0.322 e. The van der Waals surface area contributed by atoms with Crippen molar-refractivity contribution in [2.24, 2.45) is 0 Å². The first-order valence-corrected chi connectivity index (χ1v) is 7.18. The summed E-state index contributed by atoms with van der Waals surface area (Å²) in [6.45, 7) is 4.70.